The molecule has 3 aromatic carbocycles. The van der Waals surface area contributed by atoms with Crippen molar-refractivity contribution in [1.29, 1.82) is 0 Å². The van der Waals surface area contributed by atoms with Gasteiger partial charge in [0.25, 0.3) is 0 Å². The van der Waals surface area contributed by atoms with Gasteiger partial charge in [0.05, 0.1) is 13.2 Å². The average molecular weight is 480 g/mol. The Balaban J connectivity index is 1.33. The van der Waals surface area contributed by atoms with Crippen LogP contribution >= 0.6 is 0 Å². The number of para-hydroxylation sites is 1. The Morgan fingerprint density at radius 1 is 0.917 bits per heavy atom. The Bertz CT molecular complexity index is 1410. The Hall–Kier alpha value is -4.06. The summed E-state index contributed by atoms with van der Waals surface area (Å²) in [5.41, 5.74) is 5.51. The van der Waals surface area contributed by atoms with Crippen molar-refractivity contribution in [2.45, 2.75) is 37.9 Å². The lowest BCUT2D eigenvalue weighted by Gasteiger charge is -2.47. The minimum absolute atomic E-state index is 0.00970. The number of aromatic amines is 1. The van der Waals surface area contributed by atoms with E-state index >= 15 is 0 Å². The van der Waals surface area contributed by atoms with Crippen LogP contribution in [0.3, 0.4) is 0 Å². The molecule has 1 saturated heterocycles. The summed E-state index contributed by atoms with van der Waals surface area (Å²) < 4.78 is 5.25. The minimum Gasteiger partial charge on any atom is -0.497 e. The Labute approximate surface area is 210 Å². The van der Waals surface area contributed by atoms with E-state index in [9.17, 15) is 9.59 Å². The number of H-pyrrole nitrogens is 1. The highest BCUT2D eigenvalue weighted by Gasteiger charge is 2.47. The molecule has 0 radical (unpaired) electrons. The smallest absolute Gasteiger partial charge is 0.246 e. The summed E-state index contributed by atoms with van der Waals surface area (Å²) in [6.45, 7) is 0.507. The molecule has 4 aromatic rings. The van der Waals surface area contributed by atoms with E-state index in [2.05, 4.69) is 29.2 Å². The fraction of sp³-hybridized carbons (Fsp3) is 0.267. The van der Waals surface area contributed by atoms with Gasteiger partial charge in [0.1, 0.15) is 18.3 Å². The van der Waals surface area contributed by atoms with Gasteiger partial charge in [0.15, 0.2) is 0 Å². The predicted octanol–water partition coefficient (Wildman–Crippen LogP) is 4.65. The molecule has 0 unspecified atom stereocenters. The summed E-state index contributed by atoms with van der Waals surface area (Å²) in [7, 11) is 1.63. The Morgan fingerprint density at radius 3 is 2.44 bits per heavy atom. The molecule has 6 rings (SSSR count). The van der Waals surface area contributed by atoms with E-state index in [0.29, 0.717) is 13.0 Å². The molecule has 1 aromatic heterocycles. The maximum atomic E-state index is 13.8. The van der Waals surface area contributed by atoms with Crippen molar-refractivity contribution in [2.24, 2.45) is 0 Å². The standard InChI is InChI=1S/C30H29N3O3/c1-36-22-14-11-21(12-15-22)18-32-19-28(34)33-26(16-13-20-7-3-2-4-8-20)29-24(17-27(33)30(32)35)23-9-5-6-10-25(23)31-29/h2-12,14-15,26-27,31H,13,16-19H2,1H3/t26-,27-/m0/s1. The van der Waals surface area contributed by atoms with Crippen LogP contribution < -0.4 is 4.74 Å². The number of aryl methyl sites for hydroxylation is 1. The first-order chi connectivity index (χ1) is 17.6. The zero-order valence-corrected chi connectivity index (χ0v) is 20.3. The molecular formula is C30H29N3O3. The number of benzene rings is 3. The van der Waals surface area contributed by atoms with Crippen molar-refractivity contribution in [2.75, 3.05) is 13.7 Å². The van der Waals surface area contributed by atoms with Gasteiger partial charge in [-0.25, -0.2) is 0 Å². The van der Waals surface area contributed by atoms with Crippen molar-refractivity contribution < 1.29 is 14.3 Å². The number of carbonyl (C=O) groups excluding carboxylic acids is 2. The SMILES string of the molecule is COc1ccc(CN2CC(=O)N3[C@@H](Cc4c([nH]c5ccccc45)[C@@H]3CCc3ccccc3)C2=O)cc1. The quantitative estimate of drug-likeness (QED) is 0.438. The molecule has 36 heavy (non-hydrogen) atoms. The Kier molecular flexibility index (Phi) is 5.72. The number of fused-ring (bicyclic) bond motifs is 4. The topological polar surface area (TPSA) is 65.6 Å². The number of nitrogens with zero attached hydrogens (tertiary/aromatic N) is 2. The molecule has 0 saturated carbocycles. The van der Waals surface area contributed by atoms with Crippen LogP contribution in [0.2, 0.25) is 0 Å². The van der Waals surface area contributed by atoms with Crippen LogP contribution in [0.5, 0.6) is 5.75 Å². The normalized spacial score (nSPS) is 19.4. The number of methoxy groups -OCH3 is 1. The van der Waals surface area contributed by atoms with Gasteiger partial charge in [0.2, 0.25) is 11.8 Å². The van der Waals surface area contributed by atoms with Crippen molar-refractivity contribution in [3.05, 3.63) is 101 Å². The molecule has 6 heteroatoms. The molecule has 1 fully saturated rings. The molecule has 6 nitrogen and oxygen atoms in total. The summed E-state index contributed by atoms with van der Waals surface area (Å²) >= 11 is 0. The monoisotopic (exact) mass is 479 g/mol. The lowest BCUT2D eigenvalue weighted by atomic mass is 9.86. The second kappa shape index (κ2) is 9.19. The average Bonchev–Trinajstić information content (AvgIpc) is 3.29. The first kappa shape index (κ1) is 22.4. The first-order valence-corrected chi connectivity index (χ1v) is 12.5. The number of carbonyl (C=O) groups is 2. The predicted molar refractivity (Wildman–Crippen MR) is 139 cm³/mol. The number of piperazine rings is 1. The third kappa shape index (κ3) is 3.92. The van der Waals surface area contributed by atoms with Crippen LogP contribution in [0.15, 0.2) is 78.9 Å². The van der Waals surface area contributed by atoms with Gasteiger partial charge < -0.3 is 19.5 Å². The molecule has 0 bridgehead atoms. The van der Waals surface area contributed by atoms with Crippen LogP contribution in [0, 0.1) is 0 Å². The third-order valence-electron chi connectivity index (χ3n) is 7.54. The van der Waals surface area contributed by atoms with Crippen molar-refractivity contribution in [3.63, 3.8) is 0 Å². The number of aromatic nitrogens is 1. The molecule has 0 aliphatic carbocycles. The maximum absolute atomic E-state index is 13.8. The highest BCUT2D eigenvalue weighted by Crippen LogP contribution is 2.41. The van der Waals surface area contributed by atoms with Crippen molar-refractivity contribution >= 4 is 22.7 Å². The number of nitrogens with one attached hydrogen (secondary N) is 1. The minimum atomic E-state index is -0.489. The fourth-order valence-electron chi connectivity index (χ4n) is 5.78. The van der Waals surface area contributed by atoms with Crippen LogP contribution in [-0.4, -0.2) is 46.3 Å². The molecule has 2 amide bonds. The van der Waals surface area contributed by atoms with Gasteiger partial charge in [-0.3, -0.25) is 9.59 Å². The molecule has 0 spiro atoms. The van der Waals surface area contributed by atoms with Gasteiger partial charge >= 0.3 is 0 Å². The molecule has 2 aliphatic heterocycles. The molecule has 3 heterocycles. The summed E-state index contributed by atoms with van der Waals surface area (Å²) in [5, 5.41) is 1.14. The van der Waals surface area contributed by atoms with E-state index in [1.165, 1.54) is 5.56 Å². The number of ether oxygens (including phenoxy) is 1. The third-order valence-corrected chi connectivity index (χ3v) is 7.54. The van der Waals surface area contributed by atoms with Gasteiger partial charge in [-0.05, 0) is 47.7 Å². The van der Waals surface area contributed by atoms with Gasteiger partial charge in [-0.2, -0.15) is 0 Å². The van der Waals surface area contributed by atoms with E-state index in [1.54, 1.807) is 12.0 Å². The van der Waals surface area contributed by atoms with Crippen LogP contribution in [-0.2, 0) is 29.0 Å². The van der Waals surface area contributed by atoms with Crippen molar-refractivity contribution in [3.8, 4) is 5.75 Å². The fourth-order valence-corrected chi connectivity index (χ4v) is 5.78. The highest BCUT2D eigenvalue weighted by atomic mass is 16.5. The van der Waals surface area contributed by atoms with E-state index < -0.39 is 6.04 Å². The summed E-state index contributed by atoms with van der Waals surface area (Å²) in [5.74, 6) is 0.799. The lowest BCUT2D eigenvalue weighted by Crippen LogP contribution is -2.62. The second-order valence-electron chi connectivity index (χ2n) is 9.67. The zero-order chi connectivity index (χ0) is 24.6. The van der Waals surface area contributed by atoms with Crippen LogP contribution in [0.4, 0.5) is 0 Å². The van der Waals surface area contributed by atoms with Gasteiger partial charge in [-0.1, -0.05) is 60.7 Å². The second-order valence-corrected chi connectivity index (χ2v) is 9.67. The summed E-state index contributed by atoms with van der Waals surface area (Å²) in [4.78, 5) is 34.6. The lowest BCUT2D eigenvalue weighted by molar-refractivity contribution is -0.160. The molecule has 1 N–H and O–H groups in total. The number of hydrogen-bond acceptors (Lipinski definition) is 3. The van der Waals surface area contributed by atoms with Crippen LogP contribution in [0.1, 0.15) is 34.8 Å². The molecular weight excluding hydrogens is 450 g/mol. The zero-order valence-electron chi connectivity index (χ0n) is 20.3. The number of amides is 2. The summed E-state index contributed by atoms with van der Waals surface area (Å²) in [6.07, 6.45) is 2.13. The largest absolute Gasteiger partial charge is 0.497 e. The highest BCUT2D eigenvalue weighted by molar-refractivity contribution is 5.97. The maximum Gasteiger partial charge on any atom is 0.246 e. The molecule has 182 valence electrons. The van der Waals surface area contributed by atoms with Gasteiger partial charge in [-0.15, -0.1) is 0 Å². The number of rotatable bonds is 6. The number of hydrogen-bond donors (Lipinski definition) is 1. The summed E-state index contributed by atoms with van der Waals surface area (Å²) in [6, 6.07) is 25.6. The van der Waals surface area contributed by atoms with E-state index in [-0.39, 0.29) is 24.4 Å². The van der Waals surface area contributed by atoms with Gasteiger partial charge in [0, 0.05) is 29.6 Å². The first-order valence-electron chi connectivity index (χ1n) is 12.5. The van der Waals surface area contributed by atoms with Crippen LogP contribution in [0.25, 0.3) is 10.9 Å². The van der Waals surface area contributed by atoms with E-state index in [4.69, 9.17) is 4.74 Å². The Morgan fingerprint density at radius 2 is 1.67 bits per heavy atom. The molecule has 2 atom stereocenters. The van der Waals surface area contributed by atoms with E-state index in [0.717, 1.165) is 46.3 Å². The van der Waals surface area contributed by atoms with E-state index in [1.807, 2.05) is 59.5 Å². The molecule has 2 aliphatic rings. The van der Waals surface area contributed by atoms with Crippen molar-refractivity contribution in [1.82, 2.24) is 14.8 Å².